The Morgan fingerprint density at radius 3 is 2.48 bits per heavy atom. The second-order valence-corrected chi connectivity index (χ2v) is 6.57. The lowest BCUT2D eigenvalue weighted by Gasteiger charge is -2.11. The van der Waals surface area contributed by atoms with E-state index in [0.717, 1.165) is 5.39 Å². The highest BCUT2D eigenvalue weighted by molar-refractivity contribution is 6.36. The average molecular weight is 395 g/mol. The zero-order chi connectivity index (χ0) is 18.8. The van der Waals surface area contributed by atoms with Crippen molar-refractivity contribution in [1.29, 1.82) is 0 Å². The fraction of sp³-hybridized carbons (Fsp3) is 0. The molecule has 1 N–H and O–H groups in total. The van der Waals surface area contributed by atoms with E-state index in [0.29, 0.717) is 32.4 Å². The molecule has 0 aliphatic rings. The van der Waals surface area contributed by atoms with Crippen molar-refractivity contribution in [3.63, 3.8) is 0 Å². The maximum absolute atomic E-state index is 12.9. The van der Waals surface area contributed by atoms with Gasteiger partial charge in [-0.15, -0.1) is 0 Å². The number of carbonyl (C=O) groups is 1. The lowest BCUT2D eigenvalue weighted by molar-refractivity contribution is 0.102. The van der Waals surface area contributed by atoms with Gasteiger partial charge in [-0.1, -0.05) is 41.4 Å². The number of aromatic nitrogens is 3. The Balaban J connectivity index is 1.85. The second-order valence-electron chi connectivity index (χ2n) is 5.72. The average Bonchev–Trinajstić information content (AvgIpc) is 2.68. The molecule has 0 bridgehead atoms. The predicted octanol–water partition coefficient (Wildman–Crippen LogP) is 5.25. The maximum Gasteiger partial charge on any atom is 0.258 e. The Morgan fingerprint density at radius 2 is 1.70 bits per heavy atom. The molecular weight excluding hydrogens is 383 g/mol. The molecule has 1 amide bonds. The Kier molecular flexibility index (Phi) is 4.71. The van der Waals surface area contributed by atoms with Crippen LogP contribution in [-0.2, 0) is 0 Å². The van der Waals surface area contributed by atoms with E-state index in [1.165, 1.54) is 0 Å². The third-order valence-electron chi connectivity index (χ3n) is 3.96. The van der Waals surface area contributed by atoms with Gasteiger partial charge in [0.05, 0.1) is 21.8 Å². The van der Waals surface area contributed by atoms with Crippen molar-refractivity contribution in [2.45, 2.75) is 0 Å². The fourth-order valence-corrected chi connectivity index (χ4v) is 3.24. The van der Waals surface area contributed by atoms with Crippen molar-refractivity contribution in [2.75, 3.05) is 5.32 Å². The molecule has 0 atom stereocenters. The number of halogens is 2. The lowest BCUT2D eigenvalue weighted by Crippen LogP contribution is -2.15. The Bertz CT molecular complexity index is 1150. The number of rotatable bonds is 3. The molecule has 2 aromatic carbocycles. The van der Waals surface area contributed by atoms with Crippen molar-refractivity contribution in [1.82, 2.24) is 15.0 Å². The molecule has 2 heterocycles. The smallest absolute Gasteiger partial charge is 0.258 e. The van der Waals surface area contributed by atoms with Crippen molar-refractivity contribution in [3.05, 3.63) is 82.6 Å². The van der Waals surface area contributed by atoms with Gasteiger partial charge in [0.15, 0.2) is 0 Å². The Hall–Kier alpha value is -3.02. The van der Waals surface area contributed by atoms with Crippen LogP contribution in [-0.4, -0.2) is 20.9 Å². The molecule has 2 aromatic heterocycles. The number of hydrogen-bond donors (Lipinski definition) is 1. The largest absolute Gasteiger partial charge is 0.290 e. The van der Waals surface area contributed by atoms with Crippen molar-refractivity contribution >= 4 is 46.0 Å². The van der Waals surface area contributed by atoms with Gasteiger partial charge in [-0.25, -0.2) is 15.0 Å². The number of amides is 1. The van der Waals surface area contributed by atoms with Crippen LogP contribution in [0.15, 0.2) is 67.0 Å². The van der Waals surface area contributed by atoms with E-state index < -0.39 is 0 Å². The first-order valence-corrected chi connectivity index (χ1v) is 8.81. The molecular formula is C20H12Cl2N4O. The maximum atomic E-state index is 12.9. The molecule has 0 radical (unpaired) electrons. The number of fused-ring (bicyclic) bond motifs is 1. The number of benzene rings is 2. The molecule has 0 spiro atoms. The predicted molar refractivity (Wildman–Crippen MR) is 107 cm³/mol. The summed E-state index contributed by atoms with van der Waals surface area (Å²) in [5, 5.41) is 4.42. The summed E-state index contributed by atoms with van der Waals surface area (Å²) in [6, 6.07) is 16.0. The normalized spacial score (nSPS) is 10.7. The number of pyridine rings is 1. The monoisotopic (exact) mass is 394 g/mol. The summed E-state index contributed by atoms with van der Waals surface area (Å²) in [5.74, 6) is -0.0967. The van der Waals surface area contributed by atoms with Gasteiger partial charge in [0.25, 0.3) is 5.91 Å². The van der Waals surface area contributed by atoms with Crippen molar-refractivity contribution < 1.29 is 4.79 Å². The number of nitrogens with zero attached hydrogens (tertiary/aromatic N) is 3. The lowest BCUT2D eigenvalue weighted by atomic mass is 10.0. The second kappa shape index (κ2) is 7.31. The molecule has 132 valence electrons. The van der Waals surface area contributed by atoms with Crippen LogP contribution in [0.25, 0.3) is 22.2 Å². The summed E-state index contributed by atoms with van der Waals surface area (Å²) in [6.07, 6.45) is 3.12. The van der Waals surface area contributed by atoms with E-state index in [-0.39, 0.29) is 11.9 Å². The van der Waals surface area contributed by atoms with Crippen LogP contribution in [0, 0.1) is 0 Å². The zero-order valence-corrected chi connectivity index (χ0v) is 15.4. The van der Waals surface area contributed by atoms with Crippen LogP contribution >= 0.6 is 23.2 Å². The molecule has 27 heavy (non-hydrogen) atoms. The van der Waals surface area contributed by atoms with E-state index in [1.54, 1.807) is 42.7 Å². The van der Waals surface area contributed by atoms with E-state index in [2.05, 4.69) is 20.3 Å². The van der Waals surface area contributed by atoms with Gasteiger partial charge in [-0.3, -0.25) is 10.1 Å². The summed E-state index contributed by atoms with van der Waals surface area (Å²) < 4.78 is 0. The Labute approximate surface area is 165 Å². The first-order valence-electron chi connectivity index (χ1n) is 8.05. The highest BCUT2D eigenvalue weighted by atomic mass is 35.5. The minimum Gasteiger partial charge on any atom is -0.290 e. The summed E-state index contributed by atoms with van der Waals surface area (Å²) in [5.41, 5.74) is 2.40. The SMILES string of the molecule is O=C(Nc1ncccn1)c1cc(-c2ccc(Cl)cc2Cl)nc2ccccc12. The summed E-state index contributed by atoms with van der Waals surface area (Å²) in [7, 11) is 0. The molecule has 0 aliphatic heterocycles. The first kappa shape index (κ1) is 17.4. The number of para-hydroxylation sites is 1. The minimum atomic E-state index is -0.328. The summed E-state index contributed by atoms with van der Waals surface area (Å²) >= 11 is 12.3. The third-order valence-corrected chi connectivity index (χ3v) is 4.51. The molecule has 0 saturated heterocycles. The summed E-state index contributed by atoms with van der Waals surface area (Å²) in [6.45, 7) is 0. The van der Waals surface area contributed by atoms with Crippen LogP contribution in [0.2, 0.25) is 10.0 Å². The van der Waals surface area contributed by atoms with E-state index >= 15 is 0 Å². The molecule has 0 aliphatic carbocycles. The fourth-order valence-electron chi connectivity index (χ4n) is 2.73. The molecule has 0 unspecified atom stereocenters. The van der Waals surface area contributed by atoms with Gasteiger partial charge < -0.3 is 0 Å². The number of hydrogen-bond acceptors (Lipinski definition) is 4. The van der Waals surface area contributed by atoms with Crippen LogP contribution in [0.5, 0.6) is 0 Å². The topological polar surface area (TPSA) is 67.8 Å². The van der Waals surface area contributed by atoms with E-state index in [9.17, 15) is 4.79 Å². The van der Waals surface area contributed by atoms with Gasteiger partial charge >= 0.3 is 0 Å². The quantitative estimate of drug-likeness (QED) is 0.515. The van der Waals surface area contributed by atoms with Crippen LogP contribution in [0.1, 0.15) is 10.4 Å². The first-order chi connectivity index (χ1) is 13.1. The highest BCUT2D eigenvalue weighted by Crippen LogP contribution is 2.32. The molecule has 5 nitrogen and oxygen atoms in total. The third kappa shape index (κ3) is 3.60. The van der Waals surface area contributed by atoms with Crippen molar-refractivity contribution in [3.8, 4) is 11.3 Å². The number of anilines is 1. The highest BCUT2D eigenvalue weighted by Gasteiger charge is 2.16. The molecule has 4 rings (SSSR count). The molecule has 0 saturated carbocycles. The number of nitrogens with one attached hydrogen (secondary N) is 1. The van der Waals surface area contributed by atoms with Crippen molar-refractivity contribution in [2.24, 2.45) is 0 Å². The molecule has 0 fully saturated rings. The van der Waals surface area contributed by atoms with E-state index in [4.69, 9.17) is 23.2 Å². The standard InChI is InChI=1S/C20H12Cl2N4O/c21-12-6-7-14(16(22)10-12)18-11-15(13-4-1-2-5-17(13)25-18)19(27)26-20-23-8-3-9-24-20/h1-11H,(H,23,24,26,27). The van der Waals surface area contributed by atoms with Crippen LogP contribution in [0.4, 0.5) is 5.95 Å². The van der Waals surface area contributed by atoms with Gasteiger partial charge in [-0.05, 0) is 36.4 Å². The van der Waals surface area contributed by atoms with Gasteiger partial charge in [-0.2, -0.15) is 0 Å². The summed E-state index contributed by atoms with van der Waals surface area (Å²) in [4.78, 5) is 25.6. The van der Waals surface area contributed by atoms with Gasteiger partial charge in [0.2, 0.25) is 5.95 Å². The minimum absolute atomic E-state index is 0.231. The number of carbonyl (C=O) groups excluding carboxylic acids is 1. The van der Waals surface area contributed by atoms with Crippen LogP contribution < -0.4 is 5.32 Å². The van der Waals surface area contributed by atoms with Gasteiger partial charge in [0, 0.05) is 28.4 Å². The Morgan fingerprint density at radius 1 is 0.926 bits per heavy atom. The van der Waals surface area contributed by atoms with Gasteiger partial charge in [0.1, 0.15) is 0 Å². The molecule has 7 heteroatoms. The van der Waals surface area contributed by atoms with E-state index in [1.807, 2.05) is 24.3 Å². The van der Waals surface area contributed by atoms with Crippen LogP contribution in [0.3, 0.4) is 0 Å². The zero-order valence-electron chi connectivity index (χ0n) is 13.9. The molecule has 4 aromatic rings.